The lowest BCUT2D eigenvalue weighted by molar-refractivity contribution is 0.101. The summed E-state index contributed by atoms with van der Waals surface area (Å²) < 4.78 is 5.75. The van der Waals surface area contributed by atoms with Gasteiger partial charge in [0.1, 0.15) is 15.1 Å². The second-order valence-corrected chi connectivity index (χ2v) is 3.38. The van der Waals surface area contributed by atoms with E-state index >= 15 is 0 Å². The van der Waals surface area contributed by atoms with Crippen molar-refractivity contribution in [2.24, 2.45) is 0 Å². The molecule has 0 aromatic carbocycles. The Balaban J connectivity index is 3.15. The molecule has 0 aliphatic carbocycles. The Labute approximate surface area is 84.3 Å². The van der Waals surface area contributed by atoms with Crippen LogP contribution in [0.1, 0.15) is 17.4 Å². The zero-order valence-electron chi connectivity index (χ0n) is 6.80. The van der Waals surface area contributed by atoms with E-state index in [-0.39, 0.29) is 5.78 Å². The summed E-state index contributed by atoms with van der Waals surface area (Å²) in [6.07, 6.45) is 0. The molecule has 0 unspecified atom stereocenters. The molecule has 0 amide bonds. The number of Topliss-reactive ketones (excluding diaryl/α,β-unsaturated/α-hetero) is 1. The topological polar surface area (TPSA) is 39.2 Å². The smallest absolute Gasteiger partial charge is 0.178 e. The normalized spacial score (nSPS) is 9.58. The summed E-state index contributed by atoms with van der Waals surface area (Å²) in [5.41, 5.74) is 0.443. The van der Waals surface area contributed by atoms with Crippen LogP contribution in [0.4, 0.5) is 0 Å². The van der Waals surface area contributed by atoms with Gasteiger partial charge in [0.15, 0.2) is 5.78 Å². The van der Waals surface area contributed by atoms with Gasteiger partial charge in [-0.05, 0) is 22.6 Å². The maximum absolute atomic E-state index is 10.9. The maximum atomic E-state index is 10.9. The summed E-state index contributed by atoms with van der Waals surface area (Å²) in [4.78, 5) is 15.0. The number of nitrogens with zero attached hydrogens (tertiary/aromatic N) is 1. The van der Waals surface area contributed by atoms with Crippen molar-refractivity contribution in [2.75, 3.05) is 7.11 Å². The number of hydrogen-bond donors (Lipinski definition) is 0. The maximum Gasteiger partial charge on any atom is 0.178 e. The third-order valence-corrected chi connectivity index (χ3v) is 1.92. The van der Waals surface area contributed by atoms with Crippen molar-refractivity contribution in [1.82, 2.24) is 4.98 Å². The van der Waals surface area contributed by atoms with Crippen LogP contribution in [0, 0.1) is 3.70 Å². The van der Waals surface area contributed by atoms with Crippen LogP contribution in [-0.4, -0.2) is 17.9 Å². The molecule has 1 aromatic rings. The van der Waals surface area contributed by atoms with Crippen LogP contribution in [0.5, 0.6) is 5.75 Å². The highest BCUT2D eigenvalue weighted by molar-refractivity contribution is 14.1. The first kappa shape index (κ1) is 9.44. The monoisotopic (exact) mass is 277 g/mol. The molecule has 0 saturated heterocycles. The van der Waals surface area contributed by atoms with E-state index in [2.05, 4.69) is 4.98 Å². The lowest BCUT2D eigenvalue weighted by Gasteiger charge is -2.01. The van der Waals surface area contributed by atoms with E-state index in [0.29, 0.717) is 11.4 Å². The van der Waals surface area contributed by atoms with Crippen LogP contribution in [0.2, 0.25) is 0 Å². The molecule has 0 atom stereocenters. The van der Waals surface area contributed by atoms with Crippen molar-refractivity contribution in [1.29, 1.82) is 0 Å². The minimum atomic E-state index is -0.0492. The predicted octanol–water partition coefficient (Wildman–Crippen LogP) is 1.90. The molecule has 0 saturated carbocycles. The number of hydrogen-bond acceptors (Lipinski definition) is 3. The van der Waals surface area contributed by atoms with Crippen molar-refractivity contribution in [3.8, 4) is 5.75 Å². The molecule has 64 valence electrons. The number of ether oxygens (including phenoxy) is 1. The van der Waals surface area contributed by atoms with Gasteiger partial charge in [0.25, 0.3) is 0 Å². The molecular weight excluding hydrogens is 269 g/mol. The van der Waals surface area contributed by atoms with Crippen LogP contribution in [0.3, 0.4) is 0 Å². The Kier molecular flexibility index (Phi) is 3.02. The molecule has 0 radical (unpaired) electrons. The van der Waals surface area contributed by atoms with E-state index in [0.717, 1.165) is 3.70 Å². The van der Waals surface area contributed by atoms with E-state index in [9.17, 15) is 4.79 Å². The van der Waals surface area contributed by atoms with Crippen molar-refractivity contribution in [3.63, 3.8) is 0 Å². The van der Waals surface area contributed by atoms with Crippen molar-refractivity contribution >= 4 is 28.4 Å². The number of carbonyl (C=O) groups excluding carboxylic acids is 1. The number of ketones is 1. The molecule has 4 heteroatoms. The average molecular weight is 277 g/mol. The Morgan fingerprint density at radius 2 is 2.25 bits per heavy atom. The highest BCUT2D eigenvalue weighted by Gasteiger charge is 2.04. The van der Waals surface area contributed by atoms with E-state index in [1.54, 1.807) is 19.2 Å². The van der Waals surface area contributed by atoms with Crippen molar-refractivity contribution in [2.45, 2.75) is 6.92 Å². The van der Waals surface area contributed by atoms with Gasteiger partial charge < -0.3 is 4.74 Å². The van der Waals surface area contributed by atoms with Crippen LogP contribution in [0.15, 0.2) is 12.1 Å². The number of aromatic nitrogens is 1. The minimum Gasteiger partial charge on any atom is -0.497 e. The molecule has 12 heavy (non-hydrogen) atoms. The fourth-order valence-corrected chi connectivity index (χ4v) is 1.34. The molecule has 1 aromatic heterocycles. The zero-order valence-corrected chi connectivity index (χ0v) is 8.95. The Morgan fingerprint density at radius 3 is 2.75 bits per heavy atom. The van der Waals surface area contributed by atoms with Gasteiger partial charge in [-0.1, -0.05) is 0 Å². The van der Waals surface area contributed by atoms with Gasteiger partial charge >= 0.3 is 0 Å². The summed E-state index contributed by atoms with van der Waals surface area (Å²) in [7, 11) is 1.56. The lowest BCUT2D eigenvalue weighted by atomic mass is 10.3. The van der Waals surface area contributed by atoms with Gasteiger partial charge in [-0.2, -0.15) is 0 Å². The third-order valence-electron chi connectivity index (χ3n) is 1.36. The Morgan fingerprint density at radius 1 is 1.58 bits per heavy atom. The zero-order chi connectivity index (χ0) is 9.14. The standard InChI is InChI=1S/C8H8INO2/c1-5(11)7-3-6(12-2)4-8(9)10-7/h3-4H,1-2H3. The number of halogens is 1. The molecule has 0 aliphatic rings. The summed E-state index contributed by atoms with van der Waals surface area (Å²) in [6, 6.07) is 3.40. The fourth-order valence-electron chi connectivity index (χ4n) is 0.772. The largest absolute Gasteiger partial charge is 0.497 e. The van der Waals surface area contributed by atoms with Gasteiger partial charge in [-0.3, -0.25) is 4.79 Å². The second kappa shape index (κ2) is 3.84. The first-order valence-corrected chi connectivity index (χ1v) is 4.44. The van der Waals surface area contributed by atoms with Gasteiger partial charge in [-0.15, -0.1) is 0 Å². The summed E-state index contributed by atoms with van der Waals surface area (Å²) in [5, 5.41) is 0. The van der Waals surface area contributed by atoms with E-state index in [1.807, 2.05) is 22.6 Å². The van der Waals surface area contributed by atoms with E-state index in [4.69, 9.17) is 4.74 Å². The molecule has 3 nitrogen and oxygen atoms in total. The molecule has 0 bridgehead atoms. The molecule has 0 aliphatic heterocycles. The molecule has 0 N–H and O–H groups in total. The van der Waals surface area contributed by atoms with Gasteiger partial charge in [0.2, 0.25) is 0 Å². The summed E-state index contributed by atoms with van der Waals surface area (Å²) in [5.74, 6) is 0.617. The highest BCUT2D eigenvalue weighted by atomic mass is 127. The van der Waals surface area contributed by atoms with E-state index < -0.39 is 0 Å². The molecule has 1 rings (SSSR count). The van der Waals surface area contributed by atoms with Crippen molar-refractivity contribution < 1.29 is 9.53 Å². The average Bonchev–Trinajstić information content (AvgIpc) is 2.03. The molecule has 0 spiro atoms. The Bertz CT molecular complexity index is 312. The van der Waals surface area contributed by atoms with Crippen LogP contribution in [0.25, 0.3) is 0 Å². The number of rotatable bonds is 2. The van der Waals surface area contributed by atoms with Crippen molar-refractivity contribution in [3.05, 3.63) is 21.5 Å². The summed E-state index contributed by atoms with van der Waals surface area (Å²) >= 11 is 2.04. The van der Waals surface area contributed by atoms with Crippen LogP contribution < -0.4 is 4.74 Å². The fraction of sp³-hybridized carbons (Fsp3) is 0.250. The minimum absolute atomic E-state index is 0.0492. The van der Waals surface area contributed by atoms with Gasteiger partial charge in [-0.25, -0.2) is 4.98 Å². The molecular formula is C8H8INO2. The van der Waals surface area contributed by atoms with E-state index in [1.165, 1.54) is 6.92 Å². The SMILES string of the molecule is COc1cc(I)nc(C(C)=O)c1. The quantitative estimate of drug-likeness (QED) is 0.471. The third kappa shape index (κ3) is 2.17. The summed E-state index contributed by atoms with van der Waals surface area (Å²) in [6.45, 7) is 1.48. The van der Waals surface area contributed by atoms with Crippen LogP contribution >= 0.6 is 22.6 Å². The number of pyridine rings is 1. The second-order valence-electron chi connectivity index (χ2n) is 2.27. The first-order chi connectivity index (χ1) is 5.63. The molecule has 1 heterocycles. The predicted molar refractivity (Wildman–Crippen MR) is 53.5 cm³/mol. The van der Waals surface area contributed by atoms with Gasteiger partial charge in [0, 0.05) is 19.1 Å². The first-order valence-electron chi connectivity index (χ1n) is 3.36. The molecule has 0 fully saturated rings. The Hall–Kier alpha value is -0.650. The lowest BCUT2D eigenvalue weighted by Crippen LogP contribution is -1.99. The van der Waals surface area contributed by atoms with Crippen LogP contribution in [-0.2, 0) is 0 Å². The highest BCUT2D eigenvalue weighted by Crippen LogP contribution is 2.15. The number of methoxy groups -OCH3 is 1. The number of carbonyl (C=O) groups is 1. The van der Waals surface area contributed by atoms with Gasteiger partial charge in [0.05, 0.1) is 7.11 Å².